The van der Waals surface area contributed by atoms with Gasteiger partial charge in [-0.3, -0.25) is 14.5 Å². The SMILES string of the molecule is CCCC(NC(=O)CCN1C(=O)/C(=C/c2ccc(OC)cc2)SC1=S)C(=O)O. The molecule has 0 spiro atoms. The molecule has 1 aromatic carbocycles. The molecular weight excluding hydrogens is 400 g/mol. The number of nitrogens with one attached hydrogen (secondary N) is 1. The van der Waals surface area contributed by atoms with E-state index < -0.39 is 17.9 Å². The van der Waals surface area contributed by atoms with Crippen molar-refractivity contribution in [1.29, 1.82) is 0 Å². The monoisotopic (exact) mass is 422 g/mol. The summed E-state index contributed by atoms with van der Waals surface area (Å²) in [4.78, 5) is 37.6. The first-order valence-electron chi connectivity index (χ1n) is 8.77. The number of benzene rings is 1. The number of rotatable bonds is 9. The number of thiocarbonyl (C=S) groups is 1. The first kappa shape index (κ1) is 21.9. The van der Waals surface area contributed by atoms with Crippen LogP contribution in [0.3, 0.4) is 0 Å². The van der Waals surface area contributed by atoms with Gasteiger partial charge >= 0.3 is 5.97 Å². The highest BCUT2D eigenvalue weighted by atomic mass is 32.2. The van der Waals surface area contributed by atoms with Crippen molar-refractivity contribution < 1.29 is 24.2 Å². The van der Waals surface area contributed by atoms with Gasteiger partial charge in [0.25, 0.3) is 5.91 Å². The van der Waals surface area contributed by atoms with Crippen LogP contribution in [0.5, 0.6) is 5.75 Å². The molecule has 1 aromatic rings. The molecule has 0 bridgehead atoms. The van der Waals surface area contributed by atoms with Gasteiger partial charge in [-0.1, -0.05) is 49.5 Å². The van der Waals surface area contributed by atoms with Crippen LogP contribution in [0.25, 0.3) is 6.08 Å². The van der Waals surface area contributed by atoms with E-state index in [2.05, 4.69) is 5.32 Å². The second kappa shape index (κ2) is 10.2. The molecule has 1 heterocycles. The molecule has 9 heteroatoms. The van der Waals surface area contributed by atoms with Crippen LogP contribution < -0.4 is 10.1 Å². The van der Waals surface area contributed by atoms with Crippen LogP contribution in [0, 0.1) is 0 Å². The summed E-state index contributed by atoms with van der Waals surface area (Å²) in [6.45, 7) is 1.95. The fraction of sp³-hybridized carbons (Fsp3) is 0.368. The maximum Gasteiger partial charge on any atom is 0.326 e. The van der Waals surface area contributed by atoms with Gasteiger partial charge in [0.1, 0.15) is 16.1 Å². The highest BCUT2D eigenvalue weighted by Gasteiger charge is 2.32. The smallest absolute Gasteiger partial charge is 0.326 e. The Kier molecular flexibility index (Phi) is 8.01. The van der Waals surface area contributed by atoms with Gasteiger partial charge in [0, 0.05) is 13.0 Å². The number of hydrogen-bond acceptors (Lipinski definition) is 6. The normalized spacial score (nSPS) is 16.4. The number of carbonyl (C=O) groups excluding carboxylic acids is 2. The van der Waals surface area contributed by atoms with E-state index in [9.17, 15) is 14.4 Å². The maximum atomic E-state index is 12.6. The van der Waals surface area contributed by atoms with Crippen molar-refractivity contribution in [2.45, 2.75) is 32.2 Å². The van der Waals surface area contributed by atoms with Gasteiger partial charge in [0.2, 0.25) is 5.91 Å². The lowest BCUT2D eigenvalue weighted by atomic mass is 10.1. The zero-order valence-corrected chi connectivity index (χ0v) is 17.3. The van der Waals surface area contributed by atoms with E-state index in [1.807, 2.05) is 19.1 Å². The van der Waals surface area contributed by atoms with Crippen LogP contribution in [-0.4, -0.2) is 51.8 Å². The van der Waals surface area contributed by atoms with Crippen LogP contribution in [0.1, 0.15) is 31.7 Å². The lowest BCUT2D eigenvalue weighted by Gasteiger charge is -2.16. The molecule has 1 fully saturated rings. The lowest BCUT2D eigenvalue weighted by molar-refractivity contribution is -0.142. The second-order valence-corrected chi connectivity index (χ2v) is 7.78. The number of carboxylic acid groups (broad SMARTS) is 1. The number of hydrogen-bond donors (Lipinski definition) is 2. The maximum absolute atomic E-state index is 12.6. The highest BCUT2D eigenvalue weighted by molar-refractivity contribution is 8.26. The largest absolute Gasteiger partial charge is 0.497 e. The number of methoxy groups -OCH3 is 1. The molecule has 150 valence electrons. The minimum Gasteiger partial charge on any atom is -0.497 e. The third-order valence-corrected chi connectivity index (χ3v) is 5.44. The Morgan fingerprint density at radius 3 is 2.61 bits per heavy atom. The molecule has 0 radical (unpaired) electrons. The molecule has 0 aliphatic carbocycles. The standard InChI is InChI=1S/C19H22N2O5S2/c1-3-4-14(18(24)25)20-16(22)9-10-21-17(23)15(28-19(21)27)11-12-5-7-13(26-2)8-6-12/h5-8,11,14H,3-4,9-10H2,1-2H3,(H,20,22)(H,24,25)/b15-11-. The number of nitrogens with zero attached hydrogens (tertiary/aromatic N) is 1. The highest BCUT2D eigenvalue weighted by Crippen LogP contribution is 2.32. The zero-order valence-electron chi connectivity index (χ0n) is 15.6. The Labute approximate surface area is 173 Å². The van der Waals surface area contributed by atoms with Gasteiger partial charge in [0.05, 0.1) is 12.0 Å². The third-order valence-electron chi connectivity index (χ3n) is 4.06. The van der Waals surface area contributed by atoms with Crippen molar-refractivity contribution in [3.63, 3.8) is 0 Å². The predicted octanol–water partition coefficient (Wildman–Crippen LogP) is 2.66. The van der Waals surface area contributed by atoms with E-state index in [4.69, 9.17) is 22.1 Å². The Bertz CT molecular complexity index is 792. The van der Waals surface area contributed by atoms with Crippen LogP contribution in [0.15, 0.2) is 29.2 Å². The molecule has 1 saturated heterocycles. The molecule has 28 heavy (non-hydrogen) atoms. The van der Waals surface area contributed by atoms with Crippen LogP contribution in [-0.2, 0) is 14.4 Å². The molecule has 2 rings (SSSR count). The van der Waals surface area contributed by atoms with E-state index in [0.29, 0.717) is 22.1 Å². The molecular formula is C19H22N2O5S2. The summed E-state index contributed by atoms with van der Waals surface area (Å²) < 4.78 is 5.49. The van der Waals surface area contributed by atoms with E-state index in [1.54, 1.807) is 25.3 Å². The third kappa shape index (κ3) is 5.80. The number of carbonyl (C=O) groups is 3. The summed E-state index contributed by atoms with van der Waals surface area (Å²) in [5.74, 6) is -1.03. The predicted molar refractivity (Wildman–Crippen MR) is 112 cm³/mol. The fourth-order valence-electron chi connectivity index (χ4n) is 2.57. The van der Waals surface area contributed by atoms with E-state index in [1.165, 1.54) is 16.7 Å². The Morgan fingerprint density at radius 1 is 1.36 bits per heavy atom. The summed E-state index contributed by atoms with van der Waals surface area (Å²) in [6, 6.07) is 6.34. The van der Waals surface area contributed by atoms with Gasteiger partial charge in [-0.05, 0) is 30.2 Å². The molecule has 2 N–H and O–H groups in total. The van der Waals surface area contributed by atoms with Gasteiger partial charge in [-0.25, -0.2) is 4.79 Å². The first-order chi connectivity index (χ1) is 13.3. The van der Waals surface area contributed by atoms with Crippen molar-refractivity contribution in [2.24, 2.45) is 0 Å². The average Bonchev–Trinajstić information content (AvgIpc) is 2.93. The van der Waals surface area contributed by atoms with Crippen molar-refractivity contribution >= 4 is 52.2 Å². The van der Waals surface area contributed by atoms with Crippen LogP contribution in [0.2, 0.25) is 0 Å². The fourth-order valence-corrected chi connectivity index (χ4v) is 3.88. The Hall–Kier alpha value is -2.39. The molecule has 7 nitrogen and oxygen atoms in total. The number of carboxylic acids is 1. The van der Waals surface area contributed by atoms with Gasteiger partial charge in [-0.15, -0.1) is 0 Å². The second-order valence-electron chi connectivity index (χ2n) is 6.10. The summed E-state index contributed by atoms with van der Waals surface area (Å²) in [5, 5.41) is 11.6. The van der Waals surface area contributed by atoms with Crippen molar-refractivity contribution in [3.8, 4) is 5.75 Å². The van der Waals surface area contributed by atoms with Crippen molar-refractivity contribution in [1.82, 2.24) is 10.2 Å². The number of aliphatic carboxylic acids is 1. The van der Waals surface area contributed by atoms with Gasteiger partial charge in [-0.2, -0.15) is 0 Å². The molecule has 1 atom stereocenters. The van der Waals surface area contributed by atoms with E-state index in [0.717, 1.165) is 11.3 Å². The van der Waals surface area contributed by atoms with Crippen molar-refractivity contribution in [2.75, 3.05) is 13.7 Å². The minimum absolute atomic E-state index is 0.0181. The van der Waals surface area contributed by atoms with Gasteiger partial charge in [0.15, 0.2) is 0 Å². The molecule has 1 aliphatic heterocycles. The zero-order chi connectivity index (χ0) is 20.7. The molecule has 1 aliphatic rings. The molecule has 0 aromatic heterocycles. The Balaban J connectivity index is 1.96. The van der Waals surface area contributed by atoms with Crippen LogP contribution in [0.4, 0.5) is 0 Å². The summed E-state index contributed by atoms with van der Waals surface area (Å²) in [7, 11) is 1.58. The molecule has 1 unspecified atom stereocenters. The van der Waals surface area contributed by atoms with E-state index in [-0.39, 0.29) is 18.9 Å². The lowest BCUT2D eigenvalue weighted by Crippen LogP contribution is -2.42. The minimum atomic E-state index is -1.07. The molecule has 0 saturated carbocycles. The van der Waals surface area contributed by atoms with Gasteiger partial charge < -0.3 is 15.2 Å². The summed E-state index contributed by atoms with van der Waals surface area (Å²) >= 11 is 6.43. The quantitative estimate of drug-likeness (QED) is 0.466. The summed E-state index contributed by atoms with van der Waals surface area (Å²) in [6.07, 6.45) is 2.71. The molecule has 2 amide bonds. The van der Waals surface area contributed by atoms with Crippen molar-refractivity contribution in [3.05, 3.63) is 34.7 Å². The average molecular weight is 423 g/mol. The van der Waals surface area contributed by atoms with E-state index >= 15 is 0 Å². The summed E-state index contributed by atoms with van der Waals surface area (Å²) in [5.41, 5.74) is 0.836. The number of thioether (sulfide) groups is 1. The topological polar surface area (TPSA) is 95.9 Å². The number of amides is 2. The van der Waals surface area contributed by atoms with Crippen LogP contribution >= 0.6 is 24.0 Å². The Morgan fingerprint density at radius 2 is 2.04 bits per heavy atom. The number of ether oxygens (including phenoxy) is 1. The first-order valence-corrected chi connectivity index (χ1v) is 9.99.